The monoisotopic (exact) mass is 324 g/mol. The summed E-state index contributed by atoms with van der Waals surface area (Å²) in [4.78, 5) is 11.5. The van der Waals surface area contributed by atoms with Crippen molar-refractivity contribution in [3.63, 3.8) is 0 Å². The maximum atomic E-state index is 11.5. The van der Waals surface area contributed by atoms with Crippen LogP contribution in [0.25, 0.3) is 0 Å². The highest BCUT2D eigenvalue weighted by molar-refractivity contribution is 6.30. The lowest BCUT2D eigenvalue weighted by Gasteiger charge is -2.27. The van der Waals surface area contributed by atoms with E-state index in [1.165, 1.54) is 7.11 Å². The van der Waals surface area contributed by atoms with E-state index in [1.807, 2.05) is 12.1 Å². The maximum absolute atomic E-state index is 11.5. The van der Waals surface area contributed by atoms with Gasteiger partial charge in [0.1, 0.15) is 5.84 Å². The van der Waals surface area contributed by atoms with Gasteiger partial charge in [0.2, 0.25) is 0 Å². The van der Waals surface area contributed by atoms with Crippen molar-refractivity contribution in [3.8, 4) is 0 Å². The Morgan fingerprint density at radius 2 is 1.95 bits per heavy atom. The number of hydrogen-bond donors (Lipinski definition) is 2. The van der Waals surface area contributed by atoms with Crippen LogP contribution in [0.5, 0.6) is 0 Å². The lowest BCUT2D eigenvalue weighted by atomic mass is 9.80. The lowest BCUT2D eigenvalue weighted by Crippen LogP contribution is -2.25. The number of esters is 1. The fourth-order valence-electron chi connectivity index (χ4n) is 2.86. The molecule has 2 N–H and O–H groups in total. The third-order valence-corrected chi connectivity index (χ3v) is 4.37. The van der Waals surface area contributed by atoms with E-state index in [4.69, 9.17) is 16.3 Å². The van der Waals surface area contributed by atoms with Gasteiger partial charge in [-0.1, -0.05) is 16.8 Å². The highest BCUT2D eigenvalue weighted by atomic mass is 35.5. The number of rotatable bonds is 4. The minimum absolute atomic E-state index is 0.0139. The summed E-state index contributed by atoms with van der Waals surface area (Å²) in [6.45, 7) is 0. The van der Waals surface area contributed by atoms with Crippen LogP contribution in [0.3, 0.4) is 0 Å². The molecule has 120 valence electrons. The van der Waals surface area contributed by atoms with Gasteiger partial charge in [-0.3, -0.25) is 4.79 Å². The van der Waals surface area contributed by atoms with Crippen molar-refractivity contribution < 1.29 is 14.7 Å². The van der Waals surface area contributed by atoms with Crippen molar-refractivity contribution in [1.82, 2.24) is 0 Å². The molecule has 5 nitrogen and oxygen atoms in total. The molecular formula is C16H21ClN2O3. The van der Waals surface area contributed by atoms with Crippen LogP contribution in [-0.4, -0.2) is 24.1 Å². The quantitative estimate of drug-likeness (QED) is 0.289. The van der Waals surface area contributed by atoms with Crippen molar-refractivity contribution in [3.05, 3.63) is 29.3 Å². The highest BCUT2D eigenvalue weighted by Gasteiger charge is 2.27. The first-order valence-corrected chi connectivity index (χ1v) is 7.81. The molecular weight excluding hydrogens is 304 g/mol. The second-order valence-electron chi connectivity index (χ2n) is 5.62. The van der Waals surface area contributed by atoms with Crippen molar-refractivity contribution in [2.24, 2.45) is 17.0 Å². The van der Waals surface area contributed by atoms with Crippen LogP contribution in [-0.2, 0) is 9.53 Å². The van der Waals surface area contributed by atoms with Crippen LogP contribution in [0.2, 0.25) is 5.02 Å². The second-order valence-corrected chi connectivity index (χ2v) is 6.06. The Labute approximate surface area is 135 Å². The molecule has 0 aromatic heterocycles. The third kappa shape index (κ3) is 4.63. The van der Waals surface area contributed by atoms with E-state index >= 15 is 0 Å². The SMILES string of the molecule is COC(=O)[C@H]1CC[C@@H](C/C(=N/O)Nc2ccc(Cl)cc2)CC1. The van der Waals surface area contributed by atoms with Crippen LogP contribution in [0, 0.1) is 11.8 Å². The summed E-state index contributed by atoms with van der Waals surface area (Å²) in [5.41, 5.74) is 0.834. The van der Waals surface area contributed by atoms with Crippen molar-refractivity contribution >= 4 is 29.1 Å². The van der Waals surface area contributed by atoms with Crippen molar-refractivity contribution in [2.75, 3.05) is 12.4 Å². The maximum Gasteiger partial charge on any atom is 0.308 e. The van der Waals surface area contributed by atoms with E-state index in [0.29, 0.717) is 23.2 Å². The number of carbonyl (C=O) groups is 1. The average molecular weight is 325 g/mol. The molecule has 1 aliphatic carbocycles. The molecule has 0 atom stereocenters. The Bertz CT molecular complexity index is 523. The molecule has 1 aromatic carbocycles. The largest absolute Gasteiger partial charge is 0.469 e. The second kappa shape index (κ2) is 8.03. The topological polar surface area (TPSA) is 70.9 Å². The molecule has 0 aliphatic heterocycles. The first-order valence-electron chi connectivity index (χ1n) is 7.43. The normalized spacial score (nSPS) is 22.2. The van der Waals surface area contributed by atoms with Crippen molar-refractivity contribution in [1.29, 1.82) is 0 Å². The predicted molar refractivity (Wildman–Crippen MR) is 86.4 cm³/mol. The van der Waals surface area contributed by atoms with Crippen LogP contribution in [0.15, 0.2) is 29.4 Å². The molecule has 1 aliphatic rings. The average Bonchev–Trinajstić information content (AvgIpc) is 2.56. The van der Waals surface area contributed by atoms with Crippen LogP contribution < -0.4 is 5.32 Å². The number of methoxy groups -OCH3 is 1. The van der Waals surface area contributed by atoms with E-state index in [1.54, 1.807) is 12.1 Å². The van der Waals surface area contributed by atoms with Gasteiger partial charge in [-0.25, -0.2) is 0 Å². The zero-order valence-electron chi connectivity index (χ0n) is 12.6. The molecule has 0 unspecified atom stereocenters. The molecule has 0 saturated heterocycles. The van der Waals surface area contributed by atoms with Gasteiger partial charge in [0.25, 0.3) is 0 Å². The number of benzene rings is 1. The summed E-state index contributed by atoms with van der Waals surface area (Å²) < 4.78 is 4.79. The Morgan fingerprint density at radius 1 is 1.32 bits per heavy atom. The Balaban J connectivity index is 1.84. The number of ether oxygens (including phenoxy) is 1. The lowest BCUT2D eigenvalue weighted by molar-refractivity contribution is -0.146. The first-order chi connectivity index (χ1) is 10.6. The fraction of sp³-hybridized carbons (Fsp3) is 0.500. The van der Waals surface area contributed by atoms with Gasteiger partial charge in [-0.05, 0) is 55.9 Å². The Hall–Kier alpha value is -1.75. The number of amidine groups is 1. The van der Waals surface area contributed by atoms with Gasteiger partial charge in [0.15, 0.2) is 0 Å². The standard InChI is InChI=1S/C16H21ClN2O3/c1-22-16(20)12-4-2-11(3-5-12)10-15(19-21)18-14-8-6-13(17)7-9-14/h6-9,11-12,21H,2-5,10H2,1H3,(H,18,19)/t11-,12+. The van der Waals surface area contributed by atoms with E-state index in [9.17, 15) is 10.0 Å². The van der Waals surface area contributed by atoms with Gasteiger partial charge in [-0.2, -0.15) is 0 Å². The summed E-state index contributed by atoms with van der Waals surface area (Å²) in [6, 6.07) is 7.23. The Morgan fingerprint density at radius 3 is 2.50 bits per heavy atom. The summed E-state index contributed by atoms with van der Waals surface area (Å²) >= 11 is 5.84. The fourth-order valence-corrected chi connectivity index (χ4v) is 2.99. The van der Waals surface area contributed by atoms with Crippen LogP contribution >= 0.6 is 11.6 Å². The third-order valence-electron chi connectivity index (χ3n) is 4.12. The molecule has 0 radical (unpaired) electrons. The predicted octanol–water partition coefficient (Wildman–Crippen LogP) is 3.91. The molecule has 2 rings (SSSR count). The van der Waals surface area contributed by atoms with Crippen LogP contribution in [0.1, 0.15) is 32.1 Å². The zero-order chi connectivity index (χ0) is 15.9. The van der Waals surface area contributed by atoms with Gasteiger partial charge in [0, 0.05) is 17.1 Å². The first kappa shape index (κ1) is 16.6. The molecule has 6 heteroatoms. The summed E-state index contributed by atoms with van der Waals surface area (Å²) in [5, 5.41) is 16.3. The Kier molecular flexibility index (Phi) is 6.07. The minimum atomic E-state index is -0.117. The number of oxime groups is 1. The molecule has 0 bridgehead atoms. The summed E-state index contributed by atoms with van der Waals surface area (Å²) in [5.74, 6) is 0.837. The molecule has 1 fully saturated rings. The number of halogens is 1. The summed E-state index contributed by atoms with van der Waals surface area (Å²) in [6.07, 6.45) is 4.18. The van der Waals surface area contributed by atoms with Crippen molar-refractivity contribution in [2.45, 2.75) is 32.1 Å². The van der Waals surface area contributed by atoms with Gasteiger partial charge < -0.3 is 15.3 Å². The number of anilines is 1. The molecule has 1 saturated carbocycles. The molecule has 0 amide bonds. The minimum Gasteiger partial charge on any atom is -0.469 e. The van der Waals surface area contributed by atoms with E-state index in [-0.39, 0.29) is 11.9 Å². The molecule has 0 heterocycles. The smallest absolute Gasteiger partial charge is 0.308 e. The van der Waals surface area contributed by atoms with E-state index in [2.05, 4.69) is 10.5 Å². The number of hydrogen-bond acceptors (Lipinski definition) is 4. The zero-order valence-corrected chi connectivity index (χ0v) is 13.3. The number of carbonyl (C=O) groups excluding carboxylic acids is 1. The molecule has 1 aromatic rings. The highest BCUT2D eigenvalue weighted by Crippen LogP contribution is 2.31. The number of nitrogens with one attached hydrogen (secondary N) is 1. The van der Waals surface area contributed by atoms with Gasteiger partial charge >= 0.3 is 5.97 Å². The van der Waals surface area contributed by atoms with E-state index in [0.717, 1.165) is 31.4 Å². The van der Waals surface area contributed by atoms with Gasteiger partial charge in [0.05, 0.1) is 13.0 Å². The number of nitrogens with zero attached hydrogens (tertiary/aromatic N) is 1. The van der Waals surface area contributed by atoms with E-state index < -0.39 is 0 Å². The van der Waals surface area contributed by atoms with Gasteiger partial charge in [-0.15, -0.1) is 0 Å². The summed E-state index contributed by atoms with van der Waals surface area (Å²) in [7, 11) is 1.43. The molecule has 0 spiro atoms. The molecule has 22 heavy (non-hydrogen) atoms. The van der Waals surface area contributed by atoms with Crippen LogP contribution in [0.4, 0.5) is 5.69 Å².